The van der Waals surface area contributed by atoms with Crippen molar-refractivity contribution < 1.29 is 19.3 Å². The Labute approximate surface area is 292 Å². The fourth-order valence-electron chi connectivity index (χ4n) is 5.68. The minimum Gasteiger partial charge on any atom is -0.497 e. The van der Waals surface area contributed by atoms with Crippen molar-refractivity contribution in [2.24, 2.45) is 0 Å². The molecule has 5 rings (SSSR count). The fourth-order valence-corrected chi connectivity index (χ4v) is 5.84. The van der Waals surface area contributed by atoms with Crippen LogP contribution in [0.2, 0.25) is 0 Å². The first-order valence-corrected chi connectivity index (χ1v) is 16.9. The molecule has 0 fully saturated rings. The van der Waals surface area contributed by atoms with Crippen LogP contribution in [0, 0.1) is 0 Å². The molecule has 3 aromatic carbocycles. The summed E-state index contributed by atoms with van der Waals surface area (Å²) in [6.07, 6.45) is 4.36. The molecule has 0 unspecified atom stereocenters. The van der Waals surface area contributed by atoms with Crippen LogP contribution >= 0.6 is 11.6 Å². The minimum atomic E-state index is -0.293. The summed E-state index contributed by atoms with van der Waals surface area (Å²) in [5, 5.41) is 14.1. The maximum absolute atomic E-state index is 14.2. The van der Waals surface area contributed by atoms with E-state index in [1.54, 1.807) is 32.1 Å². The number of pyridine rings is 1. The van der Waals surface area contributed by atoms with Crippen molar-refractivity contribution in [3.05, 3.63) is 112 Å². The maximum atomic E-state index is 14.2. The third-order valence-electron chi connectivity index (χ3n) is 8.47. The molecule has 0 amide bonds. The van der Waals surface area contributed by atoms with E-state index in [4.69, 9.17) is 35.8 Å². The Morgan fingerprint density at radius 2 is 1.51 bits per heavy atom. The second-order valence-corrected chi connectivity index (χ2v) is 12.1. The Bertz CT molecular complexity index is 1830. The summed E-state index contributed by atoms with van der Waals surface area (Å²) in [6.45, 7) is 3.27. The van der Waals surface area contributed by atoms with Crippen molar-refractivity contribution in [1.82, 2.24) is 14.5 Å². The number of aliphatic hydroxyl groups excluding tert-OH is 1. The standard InChI is InChI=1S/C38H44ClN5O5/c1-5-6-7-30(25-45)40-36-35-33(18-19-43(37(35)46)24-29-13-8-28(21-39)20-34(29)49-4)41-38(42-36)44(22-26-9-14-31(47-2)15-10-26)23-27-11-16-32(48-3)17-12-27/h8-20,30,45H,5-7,21-25H2,1-4H3,(H,40,41,42)/t30-/m0/s1. The number of hydrogen-bond donors (Lipinski definition) is 2. The number of alkyl halides is 1. The molecule has 0 aliphatic carbocycles. The van der Waals surface area contributed by atoms with Crippen LogP contribution in [0.5, 0.6) is 17.2 Å². The summed E-state index contributed by atoms with van der Waals surface area (Å²) in [6, 6.07) is 23.0. The predicted molar refractivity (Wildman–Crippen MR) is 195 cm³/mol. The lowest BCUT2D eigenvalue weighted by Crippen LogP contribution is -2.29. The lowest BCUT2D eigenvalue weighted by molar-refractivity contribution is 0.267. The van der Waals surface area contributed by atoms with Crippen LogP contribution in [-0.2, 0) is 25.5 Å². The monoisotopic (exact) mass is 685 g/mol. The van der Waals surface area contributed by atoms with Gasteiger partial charge in [-0.25, -0.2) is 4.98 Å². The van der Waals surface area contributed by atoms with E-state index in [9.17, 15) is 9.90 Å². The largest absolute Gasteiger partial charge is 0.497 e. The molecule has 2 N–H and O–H groups in total. The van der Waals surface area contributed by atoms with Crippen LogP contribution in [0.25, 0.3) is 10.9 Å². The van der Waals surface area contributed by atoms with E-state index < -0.39 is 0 Å². The first-order valence-electron chi connectivity index (χ1n) is 16.4. The van der Waals surface area contributed by atoms with Gasteiger partial charge in [-0.3, -0.25) is 4.79 Å². The normalized spacial score (nSPS) is 11.7. The highest BCUT2D eigenvalue weighted by Gasteiger charge is 2.21. The number of aliphatic hydroxyl groups is 1. The molecule has 0 saturated carbocycles. The average Bonchev–Trinajstić information content (AvgIpc) is 3.14. The van der Waals surface area contributed by atoms with E-state index in [1.165, 1.54) is 0 Å². The van der Waals surface area contributed by atoms with Gasteiger partial charge in [0.1, 0.15) is 28.5 Å². The second-order valence-electron chi connectivity index (χ2n) is 11.9. The molecule has 1 atom stereocenters. The van der Waals surface area contributed by atoms with Crippen LogP contribution in [0.1, 0.15) is 48.4 Å². The number of methoxy groups -OCH3 is 3. The zero-order chi connectivity index (χ0) is 34.8. The van der Waals surface area contributed by atoms with E-state index in [0.717, 1.165) is 53.0 Å². The minimum absolute atomic E-state index is 0.104. The van der Waals surface area contributed by atoms with Gasteiger partial charge in [-0.2, -0.15) is 4.98 Å². The van der Waals surface area contributed by atoms with Gasteiger partial charge in [0.05, 0.1) is 46.0 Å². The molecule has 0 spiro atoms. The molecule has 258 valence electrons. The van der Waals surface area contributed by atoms with Crippen molar-refractivity contribution in [2.75, 3.05) is 38.2 Å². The van der Waals surface area contributed by atoms with Crippen molar-refractivity contribution in [3.63, 3.8) is 0 Å². The zero-order valence-corrected chi connectivity index (χ0v) is 29.2. The number of anilines is 2. The molecule has 0 radical (unpaired) electrons. The average molecular weight is 686 g/mol. The smallest absolute Gasteiger partial charge is 0.264 e. The summed E-state index contributed by atoms with van der Waals surface area (Å²) in [4.78, 5) is 26.3. The van der Waals surface area contributed by atoms with E-state index in [2.05, 4.69) is 17.1 Å². The lowest BCUT2D eigenvalue weighted by atomic mass is 10.1. The molecule has 2 heterocycles. The van der Waals surface area contributed by atoms with Gasteiger partial charge in [0, 0.05) is 30.7 Å². The number of hydrogen-bond acceptors (Lipinski definition) is 9. The van der Waals surface area contributed by atoms with Crippen LogP contribution < -0.4 is 30.0 Å². The van der Waals surface area contributed by atoms with Gasteiger partial charge in [-0.05, 0) is 59.5 Å². The van der Waals surface area contributed by atoms with E-state index in [1.807, 2.05) is 72.8 Å². The quantitative estimate of drug-likeness (QED) is 0.102. The number of nitrogens with one attached hydrogen (secondary N) is 1. The predicted octanol–water partition coefficient (Wildman–Crippen LogP) is 6.77. The fraction of sp³-hybridized carbons (Fsp3) is 0.342. The summed E-state index contributed by atoms with van der Waals surface area (Å²) in [5.41, 5.74) is 4.09. The molecule has 0 aliphatic heterocycles. The number of rotatable bonds is 17. The Hall–Kier alpha value is -4.80. The van der Waals surface area contributed by atoms with Gasteiger partial charge < -0.3 is 34.1 Å². The number of benzene rings is 3. The Balaban J connectivity index is 1.61. The third-order valence-corrected chi connectivity index (χ3v) is 8.78. The van der Waals surface area contributed by atoms with Crippen molar-refractivity contribution in [2.45, 2.75) is 57.7 Å². The van der Waals surface area contributed by atoms with Crippen molar-refractivity contribution in [3.8, 4) is 17.2 Å². The molecule has 10 nitrogen and oxygen atoms in total. The summed E-state index contributed by atoms with van der Waals surface area (Å²) >= 11 is 6.05. The molecular weight excluding hydrogens is 642 g/mol. The Morgan fingerprint density at radius 3 is 2.06 bits per heavy atom. The topological polar surface area (TPSA) is 111 Å². The molecular formula is C38H44ClN5O5. The summed E-state index contributed by atoms with van der Waals surface area (Å²) in [5.74, 6) is 3.38. The molecule has 49 heavy (non-hydrogen) atoms. The molecule has 0 aliphatic rings. The van der Waals surface area contributed by atoms with Crippen LogP contribution in [0.15, 0.2) is 83.8 Å². The lowest BCUT2D eigenvalue weighted by Gasteiger charge is -2.25. The third kappa shape index (κ3) is 8.82. The number of unbranched alkanes of at least 4 members (excludes halogenated alkanes) is 1. The first-order chi connectivity index (χ1) is 23.9. The van der Waals surface area contributed by atoms with E-state index >= 15 is 0 Å². The zero-order valence-electron chi connectivity index (χ0n) is 28.5. The number of fused-ring (bicyclic) bond motifs is 1. The van der Waals surface area contributed by atoms with Crippen LogP contribution in [-0.4, -0.2) is 53.6 Å². The Morgan fingerprint density at radius 1 is 0.878 bits per heavy atom. The first kappa shape index (κ1) is 35.5. The highest BCUT2D eigenvalue weighted by molar-refractivity contribution is 6.17. The van der Waals surface area contributed by atoms with E-state index in [-0.39, 0.29) is 24.8 Å². The summed E-state index contributed by atoms with van der Waals surface area (Å²) in [7, 11) is 4.89. The van der Waals surface area contributed by atoms with Crippen molar-refractivity contribution in [1.29, 1.82) is 0 Å². The Kier molecular flexibility index (Phi) is 12.3. The van der Waals surface area contributed by atoms with Gasteiger partial charge in [0.25, 0.3) is 5.56 Å². The van der Waals surface area contributed by atoms with Crippen LogP contribution in [0.4, 0.5) is 11.8 Å². The highest BCUT2D eigenvalue weighted by atomic mass is 35.5. The SMILES string of the molecule is CCCC[C@@H](CO)Nc1nc(N(Cc2ccc(OC)cc2)Cc2ccc(OC)cc2)nc2ccn(Cc3ccc(CCl)cc3OC)c(=O)c12. The van der Waals surface area contributed by atoms with Crippen molar-refractivity contribution >= 4 is 34.3 Å². The molecule has 11 heteroatoms. The van der Waals surface area contributed by atoms with Gasteiger partial charge in [-0.15, -0.1) is 11.6 Å². The number of ether oxygens (including phenoxy) is 3. The number of halogens is 1. The number of aromatic nitrogens is 3. The molecule has 0 bridgehead atoms. The van der Waals surface area contributed by atoms with Crippen LogP contribution in [0.3, 0.4) is 0 Å². The van der Waals surface area contributed by atoms with Gasteiger partial charge in [0.15, 0.2) is 0 Å². The molecule has 5 aromatic rings. The maximum Gasteiger partial charge on any atom is 0.264 e. The van der Waals surface area contributed by atoms with E-state index in [0.29, 0.717) is 47.4 Å². The second kappa shape index (κ2) is 17.0. The van der Waals surface area contributed by atoms with Gasteiger partial charge in [-0.1, -0.05) is 56.2 Å². The summed E-state index contributed by atoms with van der Waals surface area (Å²) < 4.78 is 18.0. The molecule has 2 aromatic heterocycles. The number of nitrogens with zero attached hydrogens (tertiary/aromatic N) is 4. The molecule has 0 saturated heterocycles. The van der Waals surface area contributed by atoms with Gasteiger partial charge in [0.2, 0.25) is 5.95 Å². The highest BCUT2D eigenvalue weighted by Crippen LogP contribution is 2.27. The van der Waals surface area contributed by atoms with Gasteiger partial charge >= 0.3 is 0 Å².